The van der Waals surface area contributed by atoms with Gasteiger partial charge in [0.2, 0.25) is 0 Å². The molecule has 2 rings (SSSR count). The second kappa shape index (κ2) is 5.42. The Kier molecular flexibility index (Phi) is 2.60. The van der Waals surface area contributed by atoms with Crippen molar-refractivity contribution in [2.45, 2.75) is 39.1 Å². The first-order valence-electron chi connectivity index (χ1n) is 8.20. The zero-order valence-corrected chi connectivity index (χ0v) is 11.3. The molecule has 2 aromatic heterocycles. The summed E-state index contributed by atoms with van der Waals surface area (Å²) in [4.78, 5) is 28.7. The van der Waals surface area contributed by atoms with Crippen LogP contribution in [0.15, 0.2) is 15.9 Å². The second-order valence-electron chi connectivity index (χ2n) is 4.34. The van der Waals surface area contributed by atoms with Crippen molar-refractivity contribution in [3.8, 4) is 0 Å². The molecule has 1 atom stereocenters. The minimum Gasteiger partial charge on any atom is -0.328 e. The molecule has 0 bridgehead atoms. The van der Waals surface area contributed by atoms with Gasteiger partial charge in [-0.3, -0.25) is 13.9 Å². The Balaban J connectivity index is 2.41. The van der Waals surface area contributed by atoms with E-state index in [4.69, 9.17) is 5.48 Å². The number of aryl methyl sites for hydroxylation is 2. The summed E-state index contributed by atoms with van der Waals surface area (Å²) >= 11 is 0. The van der Waals surface area contributed by atoms with Crippen molar-refractivity contribution in [3.63, 3.8) is 0 Å². The SMILES string of the molecule is [2H]c1nc2c(c(=O)n(CCCC([2H])([2H])[C@@H]([2H])C)c(=O)n2C)n1C. The fourth-order valence-electron chi connectivity index (χ4n) is 2.02. The molecule has 0 aromatic carbocycles. The average Bonchev–Trinajstić information content (AvgIpc) is 2.76. The van der Waals surface area contributed by atoms with Crippen LogP contribution in [0, 0.1) is 0 Å². The minimum absolute atomic E-state index is 0.0617. The third kappa shape index (κ3) is 2.34. The molecule has 0 aliphatic rings. The Hall–Kier alpha value is -1.85. The van der Waals surface area contributed by atoms with E-state index < -0.39 is 24.0 Å². The van der Waals surface area contributed by atoms with Crippen LogP contribution < -0.4 is 11.2 Å². The van der Waals surface area contributed by atoms with Gasteiger partial charge in [-0.05, 0) is 6.42 Å². The predicted octanol–water partition coefficient (Wildman–Crippen LogP) is 1.01. The van der Waals surface area contributed by atoms with E-state index in [9.17, 15) is 9.59 Å². The monoisotopic (exact) mass is 268 g/mol. The largest absolute Gasteiger partial charge is 0.332 e. The van der Waals surface area contributed by atoms with Crippen molar-refractivity contribution in [1.29, 1.82) is 0 Å². The molecule has 6 heteroatoms. The van der Waals surface area contributed by atoms with Crippen molar-refractivity contribution in [3.05, 3.63) is 27.1 Å². The quantitative estimate of drug-likeness (QED) is 0.813. The van der Waals surface area contributed by atoms with Gasteiger partial charge in [-0.2, -0.15) is 0 Å². The Morgan fingerprint density at radius 3 is 2.79 bits per heavy atom. The maximum absolute atomic E-state index is 12.5. The zero-order valence-electron chi connectivity index (χ0n) is 15.3. The van der Waals surface area contributed by atoms with Gasteiger partial charge in [0.1, 0.15) is 1.37 Å². The summed E-state index contributed by atoms with van der Waals surface area (Å²) in [5.41, 5.74) is -0.732. The number of fused-ring (bicyclic) bond motifs is 1. The molecule has 0 unspecified atom stereocenters. The number of hydrogen-bond acceptors (Lipinski definition) is 3. The summed E-state index contributed by atoms with van der Waals surface area (Å²) < 4.78 is 34.2. The fraction of sp³-hybridized carbons (Fsp3) is 0.615. The average molecular weight is 268 g/mol. The molecule has 0 fully saturated rings. The predicted molar refractivity (Wildman–Crippen MR) is 74.4 cm³/mol. The molecular weight excluding hydrogens is 244 g/mol. The number of rotatable bonds is 5. The van der Waals surface area contributed by atoms with Crippen molar-refractivity contribution in [1.82, 2.24) is 18.7 Å². The standard InChI is InChI=1S/C13H20N4O2/c1-4-5-6-7-8-17-12(18)10-11(14-9-15(10)2)16(3)13(17)19/h9H,4-8H2,1-3H3/i4D,5D2,9D/t4-/m0/s1. The van der Waals surface area contributed by atoms with Gasteiger partial charge in [0, 0.05) is 24.8 Å². The van der Waals surface area contributed by atoms with Gasteiger partial charge >= 0.3 is 5.69 Å². The van der Waals surface area contributed by atoms with Crippen LogP contribution in [-0.4, -0.2) is 18.7 Å². The molecule has 0 aliphatic heterocycles. The van der Waals surface area contributed by atoms with E-state index in [-0.39, 0.29) is 36.9 Å². The van der Waals surface area contributed by atoms with E-state index in [1.54, 1.807) is 0 Å². The Labute approximate surface area is 116 Å². The third-order valence-corrected chi connectivity index (χ3v) is 3.04. The van der Waals surface area contributed by atoms with Crippen molar-refractivity contribution in [2.75, 3.05) is 0 Å². The lowest BCUT2D eigenvalue weighted by molar-refractivity contribution is 0.539. The number of imidazole rings is 1. The summed E-state index contributed by atoms with van der Waals surface area (Å²) in [7, 11) is 3.02. The van der Waals surface area contributed by atoms with Crippen LogP contribution in [0.25, 0.3) is 11.2 Å². The summed E-state index contributed by atoms with van der Waals surface area (Å²) in [5, 5.41) is 0. The smallest absolute Gasteiger partial charge is 0.328 e. The zero-order chi connectivity index (χ0) is 17.5. The van der Waals surface area contributed by atoms with Gasteiger partial charge in [0.15, 0.2) is 11.2 Å². The molecule has 0 saturated heterocycles. The van der Waals surface area contributed by atoms with Gasteiger partial charge in [-0.15, -0.1) is 0 Å². The summed E-state index contributed by atoms with van der Waals surface area (Å²) in [6.45, 7) is 1.54. The van der Waals surface area contributed by atoms with Crippen LogP contribution in [0.4, 0.5) is 0 Å². The number of aromatic nitrogens is 4. The van der Waals surface area contributed by atoms with Crippen LogP contribution >= 0.6 is 0 Å². The molecule has 0 radical (unpaired) electrons. The van der Waals surface area contributed by atoms with Crippen LogP contribution in [0.3, 0.4) is 0 Å². The molecule has 0 saturated carbocycles. The van der Waals surface area contributed by atoms with Crippen molar-refractivity contribution < 1.29 is 5.48 Å². The van der Waals surface area contributed by atoms with Gasteiger partial charge < -0.3 is 4.57 Å². The highest BCUT2D eigenvalue weighted by Crippen LogP contribution is 2.04. The van der Waals surface area contributed by atoms with Gasteiger partial charge in [-0.25, -0.2) is 9.78 Å². The van der Waals surface area contributed by atoms with E-state index in [1.165, 1.54) is 30.2 Å². The number of nitrogens with zero attached hydrogens (tertiary/aromatic N) is 4. The van der Waals surface area contributed by atoms with Gasteiger partial charge in [0.25, 0.3) is 5.56 Å². The molecule has 0 amide bonds. The van der Waals surface area contributed by atoms with Crippen molar-refractivity contribution in [2.24, 2.45) is 14.1 Å². The maximum atomic E-state index is 12.5. The van der Waals surface area contributed by atoms with E-state index >= 15 is 0 Å². The Morgan fingerprint density at radius 1 is 1.37 bits per heavy atom. The first kappa shape index (κ1) is 9.12. The van der Waals surface area contributed by atoms with E-state index in [0.717, 1.165) is 4.57 Å². The molecule has 104 valence electrons. The van der Waals surface area contributed by atoms with Gasteiger partial charge in [-0.1, -0.05) is 26.1 Å². The first-order chi connectivity index (χ1) is 10.6. The summed E-state index contributed by atoms with van der Waals surface area (Å²) in [6.07, 6.45) is -2.31. The normalized spacial score (nSPS) is 16.8. The maximum Gasteiger partial charge on any atom is 0.332 e. The van der Waals surface area contributed by atoms with Crippen LogP contribution in [0.2, 0.25) is 0 Å². The molecule has 19 heavy (non-hydrogen) atoms. The highest BCUT2D eigenvalue weighted by Gasteiger charge is 2.14. The molecule has 0 N–H and O–H groups in total. The summed E-state index contributed by atoms with van der Waals surface area (Å²) in [5.74, 6) is 0. The van der Waals surface area contributed by atoms with E-state index in [2.05, 4.69) is 4.98 Å². The summed E-state index contributed by atoms with van der Waals surface area (Å²) in [6, 6.07) is 0. The van der Waals surface area contributed by atoms with Crippen LogP contribution in [-0.2, 0) is 20.6 Å². The highest BCUT2D eigenvalue weighted by molar-refractivity contribution is 5.69. The molecule has 2 heterocycles. The highest BCUT2D eigenvalue weighted by atomic mass is 16.2. The van der Waals surface area contributed by atoms with E-state index in [0.29, 0.717) is 0 Å². The van der Waals surface area contributed by atoms with Gasteiger partial charge in [0.05, 0.1) is 6.30 Å². The lowest BCUT2D eigenvalue weighted by Crippen LogP contribution is -2.39. The lowest BCUT2D eigenvalue weighted by Gasteiger charge is -2.08. The lowest BCUT2D eigenvalue weighted by atomic mass is 10.2. The Bertz CT molecular complexity index is 850. The Morgan fingerprint density at radius 2 is 2.11 bits per heavy atom. The third-order valence-electron chi connectivity index (χ3n) is 3.04. The molecule has 0 aliphatic carbocycles. The fourth-order valence-corrected chi connectivity index (χ4v) is 2.02. The van der Waals surface area contributed by atoms with Crippen LogP contribution in [0.1, 0.15) is 38.0 Å². The molecule has 2 aromatic rings. The van der Waals surface area contributed by atoms with Crippen LogP contribution in [0.5, 0.6) is 0 Å². The van der Waals surface area contributed by atoms with Crippen molar-refractivity contribution >= 4 is 11.2 Å². The topological polar surface area (TPSA) is 61.8 Å². The second-order valence-corrected chi connectivity index (χ2v) is 4.34. The molecule has 0 spiro atoms. The minimum atomic E-state index is -1.67. The molecular formula is C13H20N4O2. The first-order valence-corrected chi connectivity index (χ1v) is 6.13. The number of hydrogen-bond donors (Lipinski definition) is 0. The van der Waals surface area contributed by atoms with E-state index in [1.807, 2.05) is 0 Å². The molecule has 6 nitrogen and oxygen atoms in total.